The summed E-state index contributed by atoms with van der Waals surface area (Å²) in [7, 11) is 0. The molecular formula is C19H25N3S. The lowest BCUT2D eigenvalue weighted by atomic mass is 10.1. The van der Waals surface area contributed by atoms with Crippen molar-refractivity contribution in [3.05, 3.63) is 47.1 Å². The highest BCUT2D eigenvalue weighted by Gasteiger charge is 2.16. The first-order valence-corrected chi connectivity index (χ1v) is 9.33. The first-order valence-electron chi connectivity index (χ1n) is 8.51. The van der Waals surface area contributed by atoms with E-state index in [2.05, 4.69) is 67.0 Å². The summed E-state index contributed by atoms with van der Waals surface area (Å²) in [6.07, 6.45) is 5.41. The summed E-state index contributed by atoms with van der Waals surface area (Å²) < 4.78 is 2.28. The summed E-state index contributed by atoms with van der Waals surface area (Å²) in [6.45, 7) is 7.72. The Balaban J connectivity index is 1.93. The number of nitrogens with one attached hydrogen (secondary N) is 1. The number of hydrogen-bond donors (Lipinski definition) is 1. The number of rotatable bonds is 7. The Hall–Kier alpha value is -1.65. The standard InChI is InChI=1S/C19H25N3S/c1-4-11-20-14(3)12-16-13-22-18(15-9-7-6-8-10-15)17(5-2)23-19(22)21-16/h6-10,13-14,20H,4-5,11-12H2,1-3H3. The average Bonchev–Trinajstić information content (AvgIpc) is 3.10. The van der Waals surface area contributed by atoms with Crippen molar-refractivity contribution in [2.24, 2.45) is 0 Å². The van der Waals surface area contributed by atoms with Crippen LogP contribution in [0.15, 0.2) is 36.5 Å². The number of thiazole rings is 1. The van der Waals surface area contributed by atoms with E-state index in [1.165, 1.54) is 28.2 Å². The Morgan fingerprint density at radius 2 is 2.00 bits per heavy atom. The fourth-order valence-corrected chi connectivity index (χ4v) is 4.03. The van der Waals surface area contributed by atoms with Crippen molar-refractivity contribution in [3.63, 3.8) is 0 Å². The molecule has 2 aromatic heterocycles. The highest BCUT2D eigenvalue weighted by atomic mass is 32.1. The van der Waals surface area contributed by atoms with E-state index in [0.29, 0.717) is 6.04 Å². The number of fused-ring (bicyclic) bond motifs is 1. The molecule has 122 valence electrons. The third-order valence-corrected chi connectivity index (χ3v) is 5.27. The molecule has 1 aromatic carbocycles. The van der Waals surface area contributed by atoms with E-state index in [1.807, 2.05) is 11.3 Å². The van der Waals surface area contributed by atoms with Crippen LogP contribution in [-0.4, -0.2) is 22.0 Å². The van der Waals surface area contributed by atoms with E-state index < -0.39 is 0 Å². The summed E-state index contributed by atoms with van der Waals surface area (Å²) >= 11 is 1.82. The molecule has 23 heavy (non-hydrogen) atoms. The van der Waals surface area contributed by atoms with E-state index in [-0.39, 0.29) is 0 Å². The first-order chi connectivity index (χ1) is 11.2. The summed E-state index contributed by atoms with van der Waals surface area (Å²) in [6, 6.07) is 11.1. The monoisotopic (exact) mass is 327 g/mol. The Kier molecular flexibility index (Phi) is 5.13. The van der Waals surface area contributed by atoms with Gasteiger partial charge in [0.15, 0.2) is 4.96 Å². The molecular weight excluding hydrogens is 302 g/mol. The van der Waals surface area contributed by atoms with Crippen molar-refractivity contribution in [1.29, 1.82) is 0 Å². The number of benzene rings is 1. The molecule has 1 N–H and O–H groups in total. The van der Waals surface area contributed by atoms with Crippen LogP contribution in [0.5, 0.6) is 0 Å². The van der Waals surface area contributed by atoms with E-state index in [9.17, 15) is 0 Å². The number of imidazole rings is 1. The van der Waals surface area contributed by atoms with Gasteiger partial charge in [-0.15, -0.1) is 11.3 Å². The quantitative estimate of drug-likeness (QED) is 0.689. The molecule has 0 aliphatic rings. The predicted octanol–water partition coefficient (Wildman–Crippen LogP) is 4.56. The summed E-state index contributed by atoms with van der Waals surface area (Å²) in [5.74, 6) is 0. The lowest BCUT2D eigenvalue weighted by Gasteiger charge is -2.10. The van der Waals surface area contributed by atoms with E-state index >= 15 is 0 Å². The fourth-order valence-electron chi connectivity index (χ4n) is 2.95. The molecule has 3 rings (SSSR count). The zero-order chi connectivity index (χ0) is 16.2. The Labute approximate surface area is 142 Å². The molecule has 1 atom stereocenters. The van der Waals surface area contributed by atoms with Crippen molar-refractivity contribution in [2.45, 2.75) is 46.1 Å². The number of aryl methyl sites for hydroxylation is 1. The van der Waals surface area contributed by atoms with Gasteiger partial charge in [0, 0.05) is 23.5 Å². The second-order valence-electron chi connectivity index (χ2n) is 6.04. The first kappa shape index (κ1) is 16.2. The molecule has 0 saturated carbocycles. The molecule has 3 aromatic rings. The smallest absolute Gasteiger partial charge is 0.194 e. The van der Waals surface area contributed by atoms with Gasteiger partial charge in [0.05, 0.1) is 11.4 Å². The van der Waals surface area contributed by atoms with Crippen LogP contribution in [0.2, 0.25) is 0 Å². The summed E-state index contributed by atoms with van der Waals surface area (Å²) in [4.78, 5) is 7.37. The second kappa shape index (κ2) is 7.28. The molecule has 1 unspecified atom stereocenters. The minimum atomic E-state index is 0.463. The van der Waals surface area contributed by atoms with Crippen LogP contribution in [0.4, 0.5) is 0 Å². The second-order valence-corrected chi connectivity index (χ2v) is 7.10. The van der Waals surface area contributed by atoms with Crippen LogP contribution in [0.1, 0.15) is 37.8 Å². The molecule has 0 amide bonds. The zero-order valence-corrected chi connectivity index (χ0v) is 15.0. The maximum Gasteiger partial charge on any atom is 0.194 e. The van der Waals surface area contributed by atoms with Crippen LogP contribution >= 0.6 is 11.3 Å². The number of nitrogens with zero attached hydrogens (tertiary/aromatic N) is 2. The van der Waals surface area contributed by atoms with Crippen LogP contribution in [0.25, 0.3) is 16.2 Å². The number of aromatic nitrogens is 2. The Morgan fingerprint density at radius 3 is 2.70 bits per heavy atom. The molecule has 0 radical (unpaired) electrons. The third-order valence-electron chi connectivity index (χ3n) is 4.07. The zero-order valence-electron chi connectivity index (χ0n) is 14.2. The van der Waals surface area contributed by atoms with Gasteiger partial charge in [-0.05, 0) is 31.9 Å². The molecule has 0 fully saturated rings. The minimum absolute atomic E-state index is 0.463. The van der Waals surface area contributed by atoms with Gasteiger partial charge in [-0.25, -0.2) is 4.98 Å². The van der Waals surface area contributed by atoms with Gasteiger partial charge in [-0.1, -0.05) is 44.2 Å². The maximum atomic E-state index is 4.86. The SMILES string of the molecule is CCCNC(C)Cc1cn2c(-c3ccccc3)c(CC)sc2n1. The van der Waals surface area contributed by atoms with Crippen LogP contribution in [-0.2, 0) is 12.8 Å². The molecule has 2 heterocycles. The maximum absolute atomic E-state index is 4.86. The van der Waals surface area contributed by atoms with Crippen molar-refractivity contribution in [3.8, 4) is 11.3 Å². The molecule has 0 saturated heterocycles. The van der Waals surface area contributed by atoms with Crippen molar-refractivity contribution < 1.29 is 0 Å². The van der Waals surface area contributed by atoms with Gasteiger partial charge in [0.2, 0.25) is 0 Å². The highest BCUT2D eigenvalue weighted by Crippen LogP contribution is 2.32. The normalized spacial score (nSPS) is 12.8. The van der Waals surface area contributed by atoms with Crippen LogP contribution in [0, 0.1) is 0 Å². The molecule has 3 nitrogen and oxygen atoms in total. The molecule has 0 spiro atoms. The third kappa shape index (κ3) is 3.48. The molecule has 0 bridgehead atoms. The topological polar surface area (TPSA) is 29.3 Å². The summed E-state index contributed by atoms with van der Waals surface area (Å²) in [5, 5.41) is 3.54. The Morgan fingerprint density at radius 1 is 1.22 bits per heavy atom. The minimum Gasteiger partial charge on any atom is -0.314 e. The van der Waals surface area contributed by atoms with Crippen LogP contribution in [0.3, 0.4) is 0 Å². The van der Waals surface area contributed by atoms with Crippen molar-refractivity contribution >= 4 is 16.3 Å². The van der Waals surface area contributed by atoms with E-state index in [0.717, 1.165) is 24.3 Å². The van der Waals surface area contributed by atoms with Gasteiger partial charge in [0.1, 0.15) is 0 Å². The highest BCUT2D eigenvalue weighted by molar-refractivity contribution is 7.17. The van der Waals surface area contributed by atoms with E-state index in [1.54, 1.807) is 0 Å². The lowest BCUT2D eigenvalue weighted by molar-refractivity contribution is 0.540. The van der Waals surface area contributed by atoms with Gasteiger partial charge in [-0.2, -0.15) is 0 Å². The summed E-state index contributed by atoms with van der Waals surface area (Å²) in [5.41, 5.74) is 3.75. The van der Waals surface area contributed by atoms with E-state index in [4.69, 9.17) is 4.98 Å². The molecule has 0 aliphatic carbocycles. The average molecular weight is 327 g/mol. The van der Waals surface area contributed by atoms with Gasteiger partial charge in [0.25, 0.3) is 0 Å². The fraction of sp³-hybridized carbons (Fsp3) is 0.421. The van der Waals surface area contributed by atoms with Gasteiger partial charge < -0.3 is 5.32 Å². The van der Waals surface area contributed by atoms with Crippen LogP contribution < -0.4 is 5.32 Å². The molecule has 0 aliphatic heterocycles. The number of hydrogen-bond acceptors (Lipinski definition) is 3. The molecule has 4 heteroatoms. The van der Waals surface area contributed by atoms with Crippen molar-refractivity contribution in [2.75, 3.05) is 6.54 Å². The van der Waals surface area contributed by atoms with Gasteiger partial charge >= 0.3 is 0 Å². The largest absolute Gasteiger partial charge is 0.314 e. The Bertz CT molecular complexity index is 758. The van der Waals surface area contributed by atoms with Crippen molar-refractivity contribution in [1.82, 2.24) is 14.7 Å². The lowest BCUT2D eigenvalue weighted by Crippen LogP contribution is -2.28. The predicted molar refractivity (Wildman–Crippen MR) is 99.3 cm³/mol. The van der Waals surface area contributed by atoms with Gasteiger partial charge in [-0.3, -0.25) is 4.40 Å².